The first-order chi connectivity index (χ1) is 11.4. The summed E-state index contributed by atoms with van der Waals surface area (Å²) in [7, 11) is 0. The summed E-state index contributed by atoms with van der Waals surface area (Å²) in [5, 5.41) is 0. The Labute approximate surface area is 145 Å². The van der Waals surface area contributed by atoms with E-state index in [1.165, 1.54) is 37.3 Å². The Morgan fingerprint density at radius 1 is 1.08 bits per heavy atom. The van der Waals surface area contributed by atoms with Crippen LogP contribution < -0.4 is 15.6 Å². The minimum Gasteiger partial charge on any atom is -0.478 e. The van der Waals surface area contributed by atoms with Crippen molar-refractivity contribution in [1.29, 1.82) is 0 Å². The zero-order valence-electron chi connectivity index (χ0n) is 12.5. The van der Waals surface area contributed by atoms with Crippen LogP contribution in [0.15, 0.2) is 46.9 Å². The Bertz CT molecular complexity index is 771. The Balaban J connectivity index is 1.92. The number of hydrogen-bond acceptors (Lipinski definition) is 3. The summed E-state index contributed by atoms with van der Waals surface area (Å²) >= 11 is 3.08. The number of para-hydroxylation sites is 1. The molecule has 2 rings (SSSR count). The van der Waals surface area contributed by atoms with Gasteiger partial charge in [-0.25, -0.2) is 8.78 Å². The van der Waals surface area contributed by atoms with E-state index in [4.69, 9.17) is 4.74 Å². The molecule has 0 fully saturated rings. The highest BCUT2D eigenvalue weighted by Crippen LogP contribution is 2.17. The highest BCUT2D eigenvalue weighted by molar-refractivity contribution is 9.10. The number of hydrogen-bond donors (Lipinski definition) is 2. The van der Waals surface area contributed by atoms with E-state index in [1.807, 2.05) is 0 Å². The molecule has 0 saturated heterocycles. The molecule has 5 nitrogen and oxygen atoms in total. The smallest absolute Gasteiger partial charge is 0.279 e. The molecule has 1 atom stereocenters. The molecule has 2 aromatic carbocycles. The normalized spacial score (nSPS) is 11.5. The summed E-state index contributed by atoms with van der Waals surface area (Å²) in [4.78, 5) is 23.7. The molecule has 126 valence electrons. The fourth-order valence-corrected chi connectivity index (χ4v) is 2.08. The molecule has 0 aliphatic carbocycles. The topological polar surface area (TPSA) is 67.4 Å². The molecule has 0 aromatic heterocycles. The van der Waals surface area contributed by atoms with E-state index in [-0.39, 0.29) is 11.3 Å². The Morgan fingerprint density at radius 2 is 1.79 bits per heavy atom. The lowest BCUT2D eigenvalue weighted by Gasteiger charge is -2.15. The third kappa shape index (κ3) is 4.51. The number of ether oxygens (including phenoxy) is 1. The van der Waals surface area contributed by atoms with Crippen molar-refractivity contribution in [3.05, 3.63) is 64.1 Å². The summed E-state index contributed by atoms with van der Waals surface area (Å²) in [5.41, 5.74) is 3.94. The minimum absolute atomic E-state index is 0.0922. The lowest BCUT2D eigenvalue weighted by Crippen LogP contribution is -2.47. The van der Waals surface area contributed by atoms with Crippen LogP contribution >= 0.6 is 15.9 Å². The lowest BCUT2D eigenvalue weighted by atomic mass is 10.2. The first kappa shape index (κ1) is 17.9. The summed E-state index contributed by atoms with van der Waals surface area (Å²) in [6.45, 7) is 1.38. The van der Waals surface area contributed by atoms with Crippen LogP contribution in [0.3, 0.4) is 0 Å². The second-order valence-electron chi connectivity index (χ2n) is 4.76. The average molecular weight is 399 g/mol. The molecule has 8 heteroatoms. The summed E-state index contributed by atoms with van der Waals surface area (Å²) < 4.78 is 32.7. The van der Waals surface area contributed by atoms with Gasteiger partial charge in [0.25, 0.3) is 11.8 Å². The van der Waals surface area contributed by atoms with Crippen LogP contribution in [0.25, 0.3) is 0 Å². The van der Waals surface area contributed by atoms with Crippen molar-refractivity contribution in [2.45, 2.75) is 13.0 Å². The third-order valence-electron chi connectivity index (χ3n) is 2.98. The van der Waals surface area contributed by atoms with Gasteiger partial charge in [0.15, 0.2) is 17.7 Å². The minimum atomic E-state index is -1.07. The molecule has 0 aliphatic rings. The molecule has 2 aromatic rings. The number of carbonyl (C=O) groups is 2. The van der Waals surface area contributed by atoms with Crippen molar-refractivity contribution in [3.8, 4) is 5.75 Å². The molecular weight excluding hydrogens is 386 g/mol. The standard InChI is InChI=1S/C16H13BrF2N2O3/c1-9(24-14-5-3-2-4-12(14)18)15(22)20-21-16(23)11-7-6-10(17)8-13(11)19/h2-9H,1H3,(H,20,22)(H,21,23)/t9-/m1/s1. The zero-order chi connectivity index (χ0) is 17.7. The molecule has 0 saturated carbocycles. The van der Waals surface area contributed by atoms with Crippen molar-refractivity contribution in [1.82, 2.24) is 10.9 Å². The summed E-state index contributed by atoms with van der Waals surface area (Å²) in [6.07, 6.45) is -1.07. The van der Waals surface area contributed by atoms with Gasteiger partial charge in [-0.15, -0.1) is 0 Å². The van der Waals surface area contributed by atoms with Crippen LogP contribution in [-0.4, -0.2) is 17.9 Å². The fourth-order valence-electron chi connectivity index (χ4n) is 1.75. The predicted octanol–water partition coefficient (Wildman–Crippen LogP) is 2.96. The Morgan fingerprint density at radius 3 is 2.46 bits per heavy atom. The van der Waals surface area contributed by atoms with Crippen molar-refractivity contribution in [2.24, 2.45) is 0 Å². The fraction of sp³-hybridized carbons (Fsp3) is 0.125. The van der Waals surface area contributed by atoms with Gasteiger partial charge < -0.3 is 4.74 Å². The first-order valence-electron chi connectivity index (χ1n) is 6.85. The van der Waals surface area contributed by atoms with Crippen LogP contribution in [0.5, 0.6) is 5.75 Å². The molecule has 0 aliphatic heterocycles. The van der Waals surface area contributed by atoms with Crippen LogP contribution in [-0.2, 0) is 4.79 Å². The van der Waals surface area contributed by atoms with Gasteiger partial charge in [0.2, 0.25) is 0 Å². The van der Waals surface area contributed by atoms with E-state index in [9.17, 15) is 18.4 Å². The van der Waals surface area contributed by atoms with E-state index >= 15 is 0 Å². The zero-order valence-corrected chi connectivity index (χ0v) is 14.1. The molecule has 0 spiro atoms. The van der Waals surface area contributed by atoms with Crippen LogP contribution in [0.2, 0.25) is 0 Å². The number of amides is 2. The van der Waals surface area contributed by atoms with Crippen molar-refractivity contribution in [3.63, 3.8) is 0 Å². The van der Waals surface area contributed by atoms with Crippen molar-refractivity contribution < 1.29 is 23.1 Å². The number of carbonyl (C=O) groups excluding carboxylic acids is 2. The van der Waals surface area contributed by atoms with Gasteiger partial charge in [0, 0.05) is 4.47 Å². The van der Waals surface area contributed by atoms with E-state index in [0.29, 0.717) is 4.47 Å². The molecule has 24 heavy (non-hydrogen) atoms. The molecule has 2 amide bonds. The van der Waals surface area contributed by atoms with Gasteiger partial charge in [0.1, 0.15) is 5.82 Å². The first-order valence-corrected chi connectivity index (χ1v) is 7.64. The maximum absolute atomic E-state index is 13.6. The largest absolute Gasteiger partial charge is 0.478 e. The van der Waals surface area contributed by atoms with E-state index < -0.39 is 29.6 Å². The molecule has 2 N–H and O–H groups in total. The SMILES string of the molecule is C[C@@H](Oc1ccccc1F)C(=O)NNC(=O)c1ccc(Br)cc1F. The Hall–Kier alpha value is -2.48. The van der Waals surface area contributed by atoms with Gasteiger partial charge in [-0.2, -0.15) is 0 Å². The maximum atomic E-state index is 13.6. The number of nitrogens with one attached hydrogen (secondary N) is 2. The van der Waals surface area contributed by atoms with Crippen molar-refractivity contribution in [2.75, 3.05) is 0 Å². The van der Waals surface area contributed by atoms with E-state index in [0.717, 1.165) is 6.07 Å². The molecule has 0 heterocycles. The van der Waals surface area contributed by atoms with Gasteiger partial charge in [-0.05, 0) is 37.3 Å². The van der Waals surface area contributed by atoms with Crippen LogP contribution in [0.4, 0.5) is 8.78 Å². The van der Waals surface area contributed by atoms with E-state index in [1.54, 1.807) is 6.07 Å². The van der Waals surface area contributed by atoms with Gasteiger partial charge in [-0.3, -0.25) is 20.4 Å². The quantitative estimate of drug-likeness (QED) is 0.778. The second-order valence-corrected chi connectivity index (χ2v) is 5.67. The maximum Gasteiger partial charge on any atom is 0.279 e. The number of halogens is 3. The van der Waals surface area contributed by atoms with Crippen LogP contribution in [0, 0.1) is 11.6 Å². The number of rotatable bonds is 4. The van der Waals surface area contributed by atoms with Gasteiger partial charge in [-0.1, -0.05) is 28.1 Å². The monoisotopic (exact) mass is 398 g/mol. The lowest BCUT2D eigenvalue weighted by molar-refractivity contribution is -0.128. The highest BCUT2D eigenvalue weighted by atomic mass is 79.9. The molecule has 0 bridgehead atoms. The average Bonchev–Trinajstić information content (AvgIpc) is 2.54. The summed E-state index contributed by atoms with van der Waals surface area (Å²) in [5.74, 6) is -2.99. The predicted molar refractivity (Wildman–Crippen MR) is 86.2 cm³/mol. The van der Waals surface area contributed by atoms with Gasteiger partial charge >= 0.3 is 0 Å². The number of hydrazine groups is 1. The molecule has 0 unspecified atom stereocenters. The summed E-state index contributed by atoms with van der Waals surface area (Å²) in [6, 6.07) is 9.48. The second kappa shape index (κ2) is 7.87. The molecule has 0 radical (unpaired) electrons. The number of benzene rings is 2. The Kier molecular flexibility index (Phi) is 5.86. The van der Waals surface area contributed by atoms with Crippen LogP contribution in [0.1, 0.15) is 17.3 Å². The van der Waals surface area contributed by atoms with E-state index in [2.05, 4.69) is 26.8 Å². The molecular formula is C16H13BrF2N2O3. The highest BCUT2D eigenvalue weighted by Gasteiger charge is 2.18. The van der Waals surface area contributed by atoms with Gasteiger partial charge in [0.05, 0.1) is 5.56 Å². The van der Waals surface area contributed by atoms with Crippen molar-refractivity contribution >= 4 is 27.7 Å². The third-order valence-corrected chi connectivity index (χ3v) is 3.48.